The number of benzene rings is 8. The van der Waals surface area contributed by atoms with Gasteiger partial charge in [-0.1, -0.05) is 121 Å². The van der Waals surface area contributed by atoms with Crippen molar-refractivity contribution in [2.24, 2.45) is 0 Å². The molecule has 0 spiro atoms. The van der Waals surface area contributed by atoms with Crippen LogP contribution in [0.25, 0.3) is 99.3 Å². The van der Waals surface area contributed by atoms with E-state index >= 15 is 0 Å². The Morgan fingerprint density at radius 2 is 0.643 bits per heavy atom. The summed E-state index contributed by atoms with van der Waals surface area (Å²) in [7, 11) is 0. The highest BCUT2D eigenvalue weighted by Crippen LogP contribution is 2.40. The minimum absolute atomic E-state index is 1.14. The van der Waals surface area contributed by atoms with Crippen LogP contribution in [0.1, 0.15) is 0 Å². The van der Waals surface area contributed by atoms with Crippen molar-refractivity contribution >= 4 is 65.4 Å². The first-order valence-electron chi connectivity index (χ1n) is 19.2. The summed E-state index contributed by atoms with van der Waals surface area (Å²) in [5.74, 6) is 0. The summed E-state index contributed by atoms with van der Waals surface area (Å²) in [5.41, 5.74) is 14.2. The topological polar surface area (TPSA) is 19.7 Å². The number of nitrogens with zero attached hydrogens (tertiary/aromatic N) is 4. The number of aromatic nitrogens is 4. The molecule has 4 heterocycles. The molecule has 0 aliphatic carbocycles. The second kappa shape index (κ2) is 12.0. The van der Waals surface area contributed by atoms with Gasteiger partial charge in [0.25, 0.3) is 0 Å². The maximum Gasteiger partial charge on any atom is 0.0788 e. The van der Waals surface area contributed by atoms with Crippen molar-refractivity contribution in [3.8, 4) is 33.9 Å². The number of hydrogen-bond donors (Lipinski definition) is 0. The number of para-hydroxylation sites is 4. The third kappa shape index (κ3) is 4.47. The molecule has 8 aromatic carbocycles. The molecular formula is C52H34N4. The van der Waals surface area contributed by atoms with Gasteiger partial charge < -0.3 is 18.3 Å². The molecule has 0 saturated heterocycles. The average molecular weight is 715 g/mol. The molecule has 56 heavy (non-hydrogen) atoms. The van der Waals surface area contributed by atoms with Gasteiger partial charge in [0.2, 0.25) is 0 Å². The Kier molecular flexibility index (Phi) is 6.60. The fourth-order valence-electron chi connectivity index (χ4n) is 9.10. The van der Waals surface area contributed by atoms with Crippen molar-refractivity contribution < 1.29 is 0 Å². The van der Waals surface area contributed by atoms with Crippen LogP contribution in [0.5, 0.6) is 0 Å². The highest BCUT2D eigenvalue weighted by molar-refractivity contribution is 6.19. The van der Waals surface area contributed by atoms with Crippen LogP contribution in [0.15, 0.2) is 207 Å². The number of fused-ring (bicyclic) bond motifs is 10. The van der Waals surface area contributed by atoms with Crippen LogP contribution in [-0.4, -0.2) is 18.3 Å². The van der Waals surface area contributed by atoms with E-state index in [1.54, 1.807) is 0 Å². The fourth-order valence-corrected chi connectivity index (χ4v) is 9.10. The number of rotatable bonds is 5. The molecule has 0 atom stereocenters. The van der Waals surface area contributed by atoms with Gasteiger partial charge in [-0.3, -0.25) is 0 Å². The van der Waals surface area contributed by atoms with Crippen molar-refractivity contribution in [2.45, 2.75) is 0 Å². The zero-order valence-corrected chi connectivity index (χ0v) is 30.4. The van der Waals surface area contributed by atoms with Crippen molar-refractivity contribution in [1.29, 1.82) is 0 Å². The van der Waals surface area contributed by atoms with Crippen molar-refractivity contribution in [3.05, 3.63) is 207 Å². The summed E-state index contributed by atoms with van der Waals surface area (Å²) in [5, 5.41) is 7.45. The molecule has 0 bridgehead atoms. The molecule has 0 N–H and O–H groups in total. The molecule has 12 rings (SSSR count). The maximum absolute atomic E-state index is 2.44. The minimum Gasteiger partial charge on any atom is -0.315 e. The van der Waals surface area contributed by atoms with E-state index in [0.717, 1.165) is 22.7 Å². The first-order valence-corrected chi connectivity index (χ1v) is 19.2. The Labute approximate surface area is 322 Å². The third-order valence-electron chi connectivity index (χ3n) is 11.6. The van der Waals surface area contributed by atoms with E-state index in [2.05, 4.69) is 225 Å². The molecule has 0 aliphatic heterocycles. The smallest absolute Gasteiger partial charge is 0.0788 e. The Morgan fingerprint density at radius 3 is 1.07 bits per heavy atom. The van der Waals surface area contributed by atoms with Gasteiger partial charge in [0.05, 0.1) is 33.1 Å². The highest BCUT2D eigenvalue weighted by Gasteiger charge is 2.20. The number of hydrogen-bond acceptors (Lipinski definition) is 0. The van der Waals surface area contributed by atoms with Crippen LogP contribution < -0.4 is 0 Å². The summed E-state index contributed by atoms with van der Waals surface area (Å²) in [6.07, 6.45) is 4.38. The van der Waals surface area contributed by atoms with E-state index in [1.165, 1.54) is 76.5 Å². The lowest BCUT2D eigenvalue weighted by Gasteiger charge is -2.13. The standard InChI is InChI=1S/C52H34N4/c1-3-11-39(12-4-1)53-33-31-37-23-29-45-43-15-7-9-17-47(43)55(51(45)49(37)53)41-25-19-35(20-26-41)36-21-27-42(28-22-36)56-48-18-10-8-16-44(48)46-30-24-38-32-34-54(50(38)52(46)56)40-13-5-2-6-14-40/h1-34H. The lowest BCUT2D eigenvalue weighted by Crippen LogP contribution is -1.98. The van der Waals surface area contributed by atoms with Crippen molar-refractivity contribution in [3.63, 3.8) is 0 Å². The molecule has 0 aliphatic rings. The van der Waals surface area contributed by atoms with Gasteiger partial charge in [-0.05, 0) is 83.9 Å². The molecule has 0 unspecified atom stereocenters. The summed E-state index contributed by atoms with van der Waals surface area (Å²) in [6, 6.07) is 70.4. The van der Waals surface area contributed by atoms with Crippen LogP contribution in [0.2, 0.25) is 0 Å². The fraction of sp³-hybridized carbons (Fsp3) is 0. The zero-order chi connectivity index (χ0) is 36.7. The lowest BCUT2D eigenvalue weighted by molar-refractivity contribution is 1.11. The summed E-state index contributed by atoms with van der Waals surface area (Å²) in [4.78, 5) is 0. The molecule has 0 radical (unpaired) electrons. The SMILES string of the molecule is c1ccc(-n2ccc3ccc4c5ccccc5n(-c5ccc(-c6ccc(-n7c8ccccc8c8ccc9ccn(-c%10ccccc%10)c9c87)cc6)cc5)c4c32)cc1. The normalized spacial score (nSPS) is 11.9. The van der Waals surface area contributed by atoms with Crippen LogP contribution >= 0.6 is 0 Å². The minimum atomic E-state index is 1.14. The molecule has 12 aromatic rings. The monoisotopic (exact) mass is 714 g/mol. The van der Waals surface area contributed by atoms with Crippen LogP contribution in [-0.2, 0) is 0 Å². The highest BCUT2D eigenvalue weighted by atomic mass is 15.0. The predicted molar refractivity (Wildman–Crippen MR) is 234 cm³/mol. The van der Waals surface area contributed by atoms with E-state index in [-0.39, 0.29) is 0 Å². The van der Waals surface area contributed by atoms with E-state index in [0.29, 0.717) is 0 Å². The Hall–Kier alpha value is -7.56. The zero-order valence-electron chi connectivity index (χ0n) is 30.4. The van der Waals surface area contributed by atoms with Gasteiger partial charge in [-0.15, -0.1) is 0 Å². The van der Waals surface area contributed by atoms with Crippen LogP contribution in [0, 0.1) is 0 Å². The van der Waals surface area contributed by atoms with E-state index in [4.69, 9.17) is 0 Å². The first kappa shape index (κ1) is 30.9. The lowest BCUT2D eigenvalue weighted by atomic mass is 10.0. The molecule has 4 nitrogen and oxygen atoms in total. The summed E-state index contributed by atoms with van der Waals surface area (Å²) >= 11 is 0. The Morgan fingerprint density at radius 1 is 0.250 bits per heavy atom. The summed E-state index contributed by atoms with van der Waals surface area (Å²) < 4.78 is 9.52. The quantitative estimate of drug-likeness (QED) is 0.169. The van der Waals surface area contributed by atoms with Crippen molar-refractivity contribution in [1.82, 2.24) is 18.3 Å². The Balaban J connectivity index is 0.988. The predicted octanol–water partition coefficient (Wildman–Crippen LogP) is 13.4. The maximum atomic E-state index is 2.44. The van der Waals surface area contributed by atoms with Gasteiger partial charge in [0.1, 0.15) is 0 Å². The molecular weight excluding hydrogens is 681 g/mol. The van der Waals surface area contributed by atoms with Gasteiger partial charge >= 0.3 is 0 Å². The molecule has 262 valence electrons. The average Bonchev–Trinajstić information content (AvgIpc) is 4.05. The van der Waals surface area contributed by atoms with E-state index in [1.807, 2.05) is 0 Å². The second-order valence-electron chi connectivity index (χ2n) is 14.6. The van der Waals surface area contributed by atoms with Crippen LogP contribution in [0.3, 0.4) is 0 Å². The molecule has 0 amide bonds. The molecule has 0 fully saturated rings. The van der Waals surface area contributed by atoms with E-state index in [9.17, 15) is 0 Å². The molecule has 0 saturated carbocycles. The van der Waals surface area contributed by atoms with Crippen LogP contribution in [0.4, 0.5) is 0 Å². The van der Waals surface area contributed by atoms with Gasteiger partial charge in [0, 0.05) is 67.5 Å². The van der Waals surface area contributed by atoms with Gasteiger partial charge in [-0.25, -0.2) is 0 Å². The molecule has 4 aromatic heterocycles. The molecule has 4 heteroatoms. The third-order valence-corrected chi connectivity index (χ3v) is 11.6. The Bertz CT molecular complexity index is 3200. The first-order chi connectivity index (χ1) is 27.8. The van der Waals surface area contributed by atoms with E-state index < -0.39 is 0 Å². The second-order valence-corrected chi connectivity index (χ2v) is 14.6. The largest absolute Gasteiger partial charge is 0.315 e. The summed E-state index contributed by atoms with van der Waals surface area (Å²) in [6.45, 7) is 0. The van der Waals surface area contributed by atoms with Gasteiger partial charge in [0.15, 0.2) is 0 Å². The van der Waals surface area contributed by atoms with Crippen molar-refractivity contribution in [2.75, 3.05) is 0 Å². The van der Waals surface area contributed by atoms with Gasteiger partial charge in [-0.2, -0.15) is 0 Å².